The number of methoxy groups -OCH3 is 1. The third-order valence-electron chi connectivity index (χ3n) is 3.92. The summed E-state index contributed by atoms with van der Waals surface area (Å²) in [4.78, 5) is 16.1. The second kappa shape index (κ2) is 5.56. The van der Waals surface area contributed by atoms with Crippen molar-refractivity contribution in [3.63, 3.8) is 0 Å². The number of esters is 1. The molecule has 3 rings (SSSR count). The van der Waals surface area contributed by atoms with Crippen molar-refractivity contribution in [2.24, 2.45) is 5.41 Å². The summed E-state index contributed by atoms with van der Waals surface area (Å²) >= 11 is 1.71. The minimum absolute atomic E-state index is 0.116. The van der Waals surface area contributed by atoms with Crippen molar-refractivity contribution in [2.75, 3.05) is 18.6 Å². The molecule has 1 aliphatic carbocycles. The molecule has 0 unspecified atom stereocenters. The van der Waals surface area contributed by atoms with E-state index < -0.39 is 0 Å². The van der Waals surface area contributed by atoms with E-state index in [1.807, 2.05) is 30.3 Å². The molecule has 2 N–H and O–H groups in total. The number of rotatable bonds is 5. The first-order valence-electron chi connectivity index (χ1n) is 6.96. The van der Waals surface area contributed by atoms with Crippen molar-refractivity contribution in [2.45, 2.75) is 24.3 Å². The zero-order chi connectivity index (χ0) is 14.9. The number of aromatic nitrogens is 1. The zero-order valence-corrected chi connectivity index (χ0v) is 12.8. The Hall–Kier alpha value is -1.75. The normalized spacial score (nSPS) is 15.9. The van der Waals surface area contributed by atoms with Gasteiger partial charge in [-0.25, -0.2) is 4.98 Å². The maximum Gasteiger partial charge on any atom is 0.306 e. The number of nitrogens with two attached hydrogens (primary N) is 1. The van der Waals surface area contributed by atoms with Crippen LogP contribution >= 0.6 is 11.8 Å². The molecule has 0 radical (unpaired) electrons. The van der Waals surface area contributed by atoms with E-state index >= 15 is 0 Å². The minimum Gasteiger partial charge on any atom is -0.469 e. The number of nitrogens with zero attached hydrogens (tertiary/aromatic N) is 1. The third kappa shape index (κ3) is 3.29. The molecule has 1 fully saturated rings. The van der Waals surface area contributed by atoms with Crippen molar-refractivity contribution in [3.05, 3.63) is 30.3 Å². The lowest BCUT2D eigenvalue weighted by atomic mass is 10.1. The Kier molecular flexibility index (Phi) is 3.76. The van der Waals surface area contributed by atoms with Crippen molar-refractivity contribution < 1.29 is 9.53 Å². The van der Waals surface area contributed by atoms with Gasteiger partial charge < -0.3 is 10.5 Å². The van der Waals surface area contributed by atoms with Crippen LogP contribution in [0.3, 0.4) is 0 Å². The first-order chi connectivity index (χ1) is 10.1. The van der Waals surface area contributed by atoms with E-state index in [0.717, 1.165) is 40.2 Å². The van der Waals surface area contributed by atoms with Gasteiger partial charge in [-0.3, -0.25) is 4.79 Å². The number of fused-ring (bicyclic) bond motifs is 1. The second-order valence-corrected chi connectivity index (χ2v) is 6.64. The number of carbonyl (C=O) groups excluding carboxylic acids is 1. The van der Waals surface area contributed by atoms with E-state index in [9.17, 15) is 4.79 Å². The van der Waals surface area contributed by atoms with E-state index in [4.69, 9.17) is 10.5 Å². The molecule has 110 valence electrons. The first-order valence-corrected chi connectivity index (χ1v) is 7.95. The van der Waals surface area contributed by atoms with Gasteiger partial charge >= 0.3 is 5.97 Å². The van der Waals surface area contributed by atoms with Crippen LogP contribution in [0.5, 0.6) is 0 Å². The summed E-state index contributed by atoms with van der Waals surface area (Å²) < 4.78 is 4.77. The molecule has 1 saturated carbocycles. The van der Waals surface area contributed by atoms with Crippen molar-refractivity contribution in [1.82, 2.24) is 4.98 Å². The molecule has 1 aliphatic rings. The Bertz CT molecular complexity index is 683. The molecule has 1 heterocycles. The van der Waals surface area contributed by atoms with Gasteiger partial charge in [-0.2, -0.15) is 0 Å². The van der Waals surface area contributed by atoms with Crippen LogP contribution in [0.1, 0.15) is 19.3 Å². The lowest BCUT2D eigenvalue weighted by molar-refractivity contribution is -0.141. The number of thioether (sulfide) groups is 1. The Labute approximate surface area is 128 Å². The average Bonchev–Trinajstić information content (AvgIpc) is 3.25. The molecular formula is C16H18N2O2S. The number of hydrogen-bond acceptors (Lipinski definition) is 5. The Morgan fingerprint density at radius 3 is 2.90 bits per heavy atom. The summed E-state index contributed by atoms with van der Waals surface area (Å²) in [6, 6.07) is 9.79. The molecule has 4 nitrogen and oxygen atoms in total. The van der Waals surface area contributed by atoms with Gasteiger partial charge in [-0.1, -0.05) is 6.07 Å². The number of carbonyl (C=O) groups is 1. The highest BCUT2D eigenvalue weighted by Crippen LogP contribution is 2.52. The molecule has 2 aromatic rings. The van der Waals surface area contributed by atoms with E-state index in [1.165, 1.54) is 7.11 Å². The molecular weight excluding hydrogens is 284 g/mol. The molecule has 0 bridgehead atoms. The smallest absolute Gasteiger partial charge is 0.306 e. The Morgan fingerprint density at radius 1 is 1.38 bits per heavy atom. The summed E-state index contributed by atoms with van der Waals surface area (Å²) in [5, 5.41) is 2.04. The predicted molar refractivity (Wildman–Crippen MR) is 85.2 cm³/mol. The number of anilines is 1. The number of benzene rings is 1. The maximum atomic E-state index is 11.4. The number of ether oxygens (including phenoxy) is 1. The standard InChI is InChI=1S/C16H18N2O2S/c1-20-15(19)9-16(6-7-16)10-21-14-5-2-11-8-12(17)3-4-13(11)18-14/h2-5,8H,6-7,9-10,17H2,1H3. The van der Waals surface area contributed by atoms with Crippen LogP contribution < -0.4 is 5.73 Å². The van der Waals surface area contributed by atoms with Crippen molar-refractivity contribution >= 4 is 34.3 Å². The number of pyridine rings is 1. The Morgan fingerprint density at radius 2 is 2.19 bits per heavy atom. The summed E-state index contributed by atoms with van der Waals surface area (Å²) in [7, 11) is 1.45. The van der Waals surface area contributed by atoms with Gasteiger partial charge in [0.15, 0.2) is 0 Å². The lowest BCUT2D eigenvalue weighted by Gasteiger charge is -2.12. The highest BCUT2D eigenvalue weighted by atomic mass is 32.2. The minimum atomic E-state index is -0.116. The fraction of sp³-hybridized carbons (Fsp3) is 0.375. The van der Waals surface area contributed by atoms with E-state index in [-0.39, 0.29) is 11.4 Å². The van der Waals surface area contributed by atoms with Gasteiger partial charge in [-0.05, 0) is 42.5 Å². The van der Waals surface area contributed by atoms with Gasteiger partial charge in [0, 0.05) is 16.8 Å². The molecule has 0 amide bonds. The Balaban J connectivity index is 1.68. The van der Waals surface area contributed by atoms with Crippen LogP contribution in [0, 0.1) is 5.41 Å². The molecule has 0 saturated heterocycles. The summed E-state index contributed by atoms with van der Waals surface area (Å²) in [6.07, 6.45) is 2.71. The summed E-state index contributed by atoms with van der Waals surface area (Å²) in [5.41, 5.74) is 7.59. The number of nitrogen functional groups attached to an aromatic ring is 1. The lowest BCUT2D eigenvalue weighted by Crippen LogP contribution is -2.13. The summed E-state index contributed by atoms with van der Waals surface area (Å²) in [5.74, 6) is 0.797. The van der Waals surface area contributed by atoms with Crippen LogP contribution in [0.25, 0.3) is 10.9 Å². The van der Waals surface area contributed by atoms with Crippen molar-refractivity contribution in [1.29, 1.82) is 0 Å². The largest absolute Gasteiger partial charge is 0.469 e. The number of hydrogen-bond donors (Lipinski definition) is 1. The average molecular weight is 302 g/mol. The van der Waals surface area contributed by atoms with Crippen LogP contribution in [-0.2, 0) is 9.53 Å². The second-order valence-electron chi connectivity index (χ2n) is 5.64. The fourth-order valence-corrected chi connectivity index (χ4v) is 3.53. The highest BCUT2D eigenvalue weighted by molar-refractivity contribution is 7.99. The van der Waals surface area contributed by atoms with Gasteiger partial charge in [-0.15, -0.1) is 11.8 Å². The van der Waals surface area contributed by atoms with Gasteiger partial charge in [0.05, 0.1) is 24.1 Å². The van der Waals surface area contributed by atoms with Crippen LogP contribution in [0.15, 0.2) is 35.4 Å². The predicted octanol–water partition coefficient (Wildman–Crippen LogP) is 3.25. The monoisotopic (exact) mass is 302 g/mol. The van der Waals surface area contributed by atoms with Crippen molar-refractivity contribution in [3.8, 4) is 0 Å². The molecule has 0 atom stereocenters. The molecule has 0 aliphatic heterocycles. The van der Waals surface area contributed by atoms with E-state index in [1.54, 1.807) is 11.8 Å². The van der Waals surface area contributed by atoms with Crippen LogP contribution in [0.4, 0.5) is 5.69 Å². The van der Waals surface area contributed by atoms with E-state index in [0.29, 0.717) is 6.42 Å². The van der Waals surface area contributed by atoms with Gasteiger partial charge in [0.1, 0.15) is 0 Å². The molecule has 1 aromatic carbocycles. The maximum absolute atomic E-state index is 11.4. The topological polar surface area (TPSA) is 65.2 Å². The quantitative estimate of drug-likeness (QED) is 0.522. The van der Waals surface area contributed by atoms with Gasteiger partial charge in [0.2, 0.25) is 0 Å². The SMILES string of the molecule is COC(=O)CC1(CSc2ccc3cc(N)ccc3n2)CC1. The highest BCUT2D eigenvalue weighted by Gasteiger charge is 2.44. The molecule has 0 spiro atoms. The first kappa shape index (κ1) is 14.2. The molecule has 5 heteroatoms. The van der Waals surface area contributed by atoms with Crippen LogP contribution in [0.2, 0.25) is 0 Å². The summed E-state index contributed by atoms with van der Waals surface area (Å²) in [6.45, 7) is 0. The fourth-order valence-electron chi connectivity index (χ4n) is 2.36. The third-order valence-corrected chi connectivity index (χ3v) is 5.20. The van der Waals surface area contributed by atoms with Crippen LogP contribution in [-0.4, -0.2) is 23.8 Å². The molecule has 21 heavy (non-hydrogen) atoms. The van der Waals surface area contributed by atoms with Gasteiger partial charge in [0.25, 0.3) is 0 Å². The molecule has 1 aromatic heterocycles. The zero-order valence-electron chi connectivity index (χ0n) is 12.0. The van der Waals surface area contributed by atoms with E-state index in [2.05, 4.69) is 4.98 Å².